The summed E-state index contributed by atoms with van der Waals surface area (Å²) in [6, 6.07) is 15.3. The van der Waals surface area contributed by atoms with Crippen molar-refractivity contribution < 1.29 is 14.2 Å². The van der Waals surface area contributed by atoms with Crippen LogP contribution in [0.15, 0.2) is 84.3 Å². The van der Waals surface area contributed by atoms with Gasteiger partial charge in [-0.25, -0.2) is 4.39 Å². The molecule has 6 nitrogen and oxygen atoms in total. The molecule has 34 heavy (non-hydrogen) atoms. The first-order chi connectivity index (χ1) is 16.5. The van der Waals surface area contributed by atoms with E-state index in [-0.39, 0.29) is 24.2 Å². The van der Waals surface area contributed by atoms with E-state index in [1.54, 1.807) is 16.9 Å². The van der Waals surface area contributed by atoms with Gasteiger partial charge in [0.1, 0.15) is 36.6 Å². The molecule has 7 heteroatoms. The van der Waals surface area contributed by atoms with Crippen LogP contribution in [0.25, 0.3) is 5.70 Å². The first kappa shape index (κ1) is 21.8. The number of rotatable bonds is 2. The van der Waals surface area contributed by atoms with Crippen LogP contribution in [0.2, 0.25) is 0 Å². The molecule has 2 aliphatic heterocycles. The molecule has 2 bridgehead atoms. The van der Waals surface area contributed by atoms with E-state index in [1.165, 1.54) is 18.2 Å². The Morgan fingerprint density at radius 1 is 1.18 bits per heavy atom. The summed E-state index contributed by atoms with van der Waals surface area (Å²) in [5.74, 6) is -0.291. The van der Waals surface area contributed by atoms with Crippen molar-refractivity contribution in [2.24, 2.45) is 0 Å². The Labute approximate surface area is 197 Å². The van der Waals surface area contributed by atoms with E-state index in [0.717, 1.165) is 17.5 Å². The maximum Gasteiger partial charge on any atom is 0.224 e. The molecule has 1 N–H and O–H groups in total. The third-order valence-electron chi connectivity index (χ3n) is 6.44. The van der Waals surface area contributed by atoms with Gasteiger partial charge < -0.3 is 14.7 Å². The quantitative estimate of drug-likeness (QED) is 0.576. The van der Waals surface area contributed by atoms with Crippen LogP contribution >= 0.6 is 0 Å². The number of pyridine rings is 1. The highest BCUT2D eigenvalue weighted by atomic mass is 19.1. The van der Waals surface area contributed by atoms with E-state index in [2.05, 4.69) is 18.4 Å². The number of benzene rings is 2. The van der Waals surface area contributed by atoms with Crippen LogP contribution in [0.5, 0.6) is 11.5 Å². The van der Waals surface area contributed by atoms with Gasteiger partial charge in [-0.2, -0.15) is 0 Å². The molecule has 5 rings (SSSR count). The first-order valence-electron chi connectivity index (χ1n) is 11.3. The molecule has 174 valence electrons. The highest BCUT2D eigenvalue weighted by molar-refractivity contribution is 5.67. The minimum absolute atomic E-state index is 0.0450. The van der Waals surface area contributed by atoms with Crippen LogP contribution in [-0.4, -0.2) is 34.0 Å². The van der Waals surface area contributed by atoms with Crippen molar-refractivity contribution in [3.8, 4) is 11.5 Å². The van der Waals surface area contributed by atoms with Gasteiger partial charge >= 0.3 is 0 Å². The molecular weight excluding hydrogens is 433 g/mol. The van der Waals surface area contributed by atoms with Crippen LogP contribution in [-0.2, 0) is 0 Å². The lowest BCUT2D eigenvalue weighted by Crippen LogP contribution is -2.53. The van der Waals surface area contributed by atoms with Crippen molar-refractivity contribution in [1.82, 2.24) is 9.58 Å². The largest absolute Gasteiger partial charge is 0.503 e. The minimum atomic E-state index is -0.468. The second kappa shape index (κ2) is 8.74. The number of aromatic nitrogens is 1. The highest BCUT2D eigenvalue weighted by Crippen LogP contribution is 2.40. The molecule has 0 aliphatic carbocycles. The van der Waals surface area contributed by atoms with E-state index in [9.17, 15) is 14.3 Å². The maximum absolute atomic E-state index is 14.3. The topological polar surface area (TPSA) is 57.9 Å². The number of hydrogen-bond acceptors (Lipinski definition) is 5. The van der Waals surface area contributed by atoms with Crippen LogP contribution in [0.4, 0.5) is 4.39 Å². The Balaban J connectivity index is 1.82. The third-order valence-corrected chi connectivity index (χ3v) is 6.44. The lowest BCUT2D eigenvalue weighted by molar-refractivity contribution is 0.265. The summed E-state index contributed by atoms with van der Waals surface area (Å²) in [7, 11) is 0. The van der Waals surface area contributed by atoms with E-state index in [0.29, 0.717) is 23.8 Å². The molecule has 0 amide bonds. The molecule has 0 fully saturated rings. The summed E-state index contributed by atoms with van der Waals surface area (Å²) in [4.78, 5) is 14.5. The van der Waals surface area contributed by atoms with Crippen molar-refractivity contribution in [1.29, 1.82) is 0 Å². The van der Waals surface area contributed by atoms with Gasteiger partial charge in [0, 0.05) is 29.9 Å². The molecule has 2 aliphatic rings. The minimum Gasteiger partial charge on any atom is -0.503 e. The molecule has 0 spiro atoms. The van der Waals surface area contributed by atoms with Gasteiger partial charge in [-0.05, 0) is 30.2 Å². The Morgan fingerprint density at radius 2 is 1.97 bits per heavy atom. The number of fused-ring (bicyclic) bond motifs is 5. The SMILES string of the molecule is C=C1c2c(O)c(=O)ccn2N2CN1[C@H](CC)/C=C/COc1cc(F)ccc1[C@@H]2c1ccccc1. The lowest BCUT2D eigenvalue weighted by atomic mass is 9.96. The van der Waals surface area contributed by atoms with Crippen molar-refractivity contribution in [2.75, 3.05) is 18.3 Å². The lowest BCUT2D eigenvalue weighted by Gasteiger charge is -2.48. The van der Waals surface area contributed by atoms with Gasteiger partial charge in [-0.1, -0.05) is 49.9 Å². The summed E-state index contributed by atoms with van der Waals surface area (Å²) in [5, 5.41) is 12.9. The van der Waals surface area contributed by atoms with E-state index in [4.69, 9.17) is 4.74 Å². The molecule has 3 aromatic rings. The zero-order chi connectivity index (χ0) is 23.8. The Bertz CT molecular complexity index is 1320. The zero-order valence-electron chi connectivity index (χ0n) is 18.9. The fourth-order valence-corrected chi connectivity index (χ4v) is 4.77. The van der Waals surface area contributed by atoms with Gasteiger partial charge in [-0.15, -0.1) is 0 Å². The zero-order valence-corrected chi connectivity index (χ0v) is 18.9. The third kappa shape index (κ3) is 3.63. The molecule has 1 aromatic heterocycles. The number of aromatic hydroxyl groups is 1. The molecule has 0 unspecified atom stereocenters. The Hall–Kier alpha value is -4.00. The average molecular weight is 460 g/mol. The molecule has 3 heterocycles. The second-order valence-corrected chi connectivity index (χ2v) is 8.43. The molecule has 0 saturated carbocycles. The highest BCUT2D eigenvalue weighted by Gasteiger charge is 2.36. The average Bonchev–Trinajstić information content (AvgIpc) is 2.87. The predicted molar refractivity (Wildman–Crippen MR) is 130 cm³/mol. The van der Waals surface area contributed by atoms with Crippen LogP contribution < -0.4 is 15.2 Å². The Morgan fingerprint density at radius 3 is 2.74 bits per heavy atom. The van der Waals surface area contributed by atoms with Crippen molar-refractivity contribution in [3.63, 3.8) is 0 Å². The predicted octanol–water partition coefficient (Wildman–Crippen LogP) is 4.39. The fourth-order valence-electron chi connectivity index (χ4n) is 4.77. The van der Waals surface area contributed by atoms with Crippen molar-refractivity contribution >= 4 is 5.70 Å². The van der Waals surface area contributed by atoms with Gasteiger partial charge in [0.25, 0.3) is 0 Å². The number of ether oxygens (including phenoxy) is 1. The summed E-state index contributed by atoms with van der Waals surface area (Å²) >= 11 is 0. The summed E-state index contributed by atoms with van der Waals surface area (Å²) in [5.41, 5.74) is 2.16. The number of halogens is 1. The van der Waals surface area contributed by atoms with Gasteiger partial charge in [0.05, 0.1) is 5.70 Å². The van der Waals surface area contributed by atoms with Crippen molar-refractivity contribution in [3.05, 3.63) is 112 Å². The molecule has 0 saturated heterocycles. The summed E-state index contributed by atoms with van der Waals surface area (Å²) in [6.45, 7) is 7.02. The van der Waals surface area contributed by atoms with E-state index in [1.807, 2.05) is 47.5 Å². The fraction of sp³-hybridized carbons (Fsp3) is 0.222. The number of nitrogens with zero attached hydrogens (tertiary/aromatic N) is 3. The Kier molecular flexibility index (Phi) is 5.61. The number of hydrogen-bond donors (Lipinski definition) is 1. The van der Waals surface area contributed by atoms with Crippen LogP contribution in [0.3, 0.4) is 0 Å². The van der Waals surface area contributed by atoms with Crippen LogP contribution in [0, 0.1) is 5.82 Å². The smallest absolute Gasteiger partial charge is 0.224 e. The second-order valence-electron chi connectivity index (χ2n) is 8.43. The van der Waals surface area contributed by atoms with Crippen molar-refractivity contribution in [2.45, 2.75) is 25.4 Å². The van der Waals surface area contributed by atoms with E-state index < -0.39 is 11.5 Å². The normalized spacial score (nSPS) is 20.6. The molecule has 2 atom stereocenters. The molecule has 2 aromatic carbocycles. The first-order valence-corrected chi connectivity index (χ1v) is 11.3. The monoisotopic (exact) mass is 459 g/mol. The van der Waals surface area contributed by atoms with E-state index >= 15 is 0 Å². The molecular formula is C27H26FN3O3. The van der Waals surface area contributed by atoms with Crippen LogP contribution in [0.1, 0.15) is 36.2 Å². The van der Waals surface area contributed by atoms with Gasteiger partial charge in [0.15, 0.2) is 5.75 Å². The maximum atomic E-state index is 14.3. The molecule has 0 radical (unpaired) electrons. The van der Waals surface area contributed by atoms with Gasteiger partial charge in [-0.3, -0.25) is 14.5 Å². The standard InChI is InChI=1S/C27H26FN3O3/c1-3-21-10-7-15-34-24-16-20(28)11-12-22(24)26(19-8-5-4-6-9-19)31-17-29(21)18(2)25-27(33)23(32)13-14-30(25)31/h4-14,16,21,26,33H,2-3,15,17H2,1H3/b10-7+/t21-,26+/m1/s1. The van der Waals surface area contributed by atoms with Gasteiger partial charge in [0.2, 0.25) is 5.43 Å². The summed E-state index contributed by atoms with van der Waals surface area (Å²) < 4.78 is 22.1. The summed E-state index contributed by atoms with van der Waals surface area (Å²) in [6.07, 6.45) is 6.36.